The third-order valence-corrected chi connectivity index (χ3v) is 7.90. The number of allylic oxidation sites excluding steroid dienone is 1. The molecule has 0 spiro atoms. The summed E-state index contributed by atoms with van der Waals surface area (Å²) in [6.45, 7) is 0. The maximum Gasteiger partial charge on any atom is 0.399 e. The Labute approximate surface area is 233 Å². The molecule has 1 aliphatic rings. The molecule has 0 saturated heterocycles. The number of pyridine rings is 1. The van der Waals surface area contributed by atoms with E-state index in [0.29, 0.717) is 20.8 Å². The zero-order valence-corrected chi connectivity index (χ0v) is 22.8. The van der Waals surface area contributed by atoms with Gasteiger partial charge in [0.1, 0.15) is 5.15 Å². The lowest BCUT2D eigenvalue weighted by Crippen LogP contribution is -2.35. The molecule has 36 heavy (non-hydrogen) atoms. The van der Waals surface area contributed by atoms with Crippen LogP contribution in [0.4, 0.5) is 13.2 Å². The fourth-order valence-electron chi connectivity index (χ4n) is 3.74. The third-order valence-electron chi connectivity index (χ3n) is 5.82. The van der Waals surface area contributed by atoms with Crippen molar-refractivity contribution in [2.75, 3.05) is 0 Å². The van der Waals surface area contributed by atoms with Gasteiger partial charge in [-0.3, -0.25) is 4.79 Å². The van der Waals surface area contributed by atoms with Crippen molar-refractivity contribution in [3.05, 3.63) is 102 Å². The van der Waals surface area contributed by atoms with Gasteiger partial charge < -0.3 is 5.32 Å². The summed E-state index contributed by atoms with van der Waals surface area (Å²) in [4.78, 5) is 17.0. The van der Waals surface area contributed by atoms with Crippen LogP contribution in [0.2, 0.25) is 20.2 Å². The van der Waals surface area contributed by atoms with Crippen molar-refractivity contribution in [3.8, 4) is 0 Å². The molecule has 1 N–H and O–H groups in total. The number of amides is 1. The minimum atomic E-state index is -4.59. The number of aromatic nitrogens is 1. The van der Waals surface area contributed by atoms with Gasteiger partial charge in [0.25, 0.3) is 5.91 Å². The molecule has 1 unspecified atom stereocenters. The number of nitrogens with zero attached hydrogens (tertiary/aromatic N) is 1. The highest BCUT2D eigenvalue weighted by atomic mass is 79.9. The Hall–Kier alpha value is -1.77. The Bertz CT molecular complexity index is 1320. The van der Waals surface area contributed by atoms with E-state index in [0.717, 1.165) is 36.6 Å². The molecule has 2 aromatic carbocycles. The van der Waals surface area contributed by atoms with Gasteiger partial charge in [-0.05, 0) is 75.8 Å². The standard InChI is InChI=1S/C25H16BrCl4F3N2O/c26-18-9-13(2-5-17(25(31,32)33)14-10-19(27)22(30)20(28)11-14)1-4-16(18)23(36)35-24(7-8-24)15-3-6-21(29)34-12-15/h1-6,9-12,17H,7-8H2,(H,35,36)/b5-2+. The molecule has 1 aliphatic carbocycles. The topological polar surface area (TPSA) is 42.0 Å². The van der Waals surface area contributed by atoms with E-state index < -0.39 is 17.6 Å². The number of hydrogen-bond acceptors (Lipinski definition) is 2. The highest BCUT2D eigenvalue weighted by molar-refractivity contribution is 9.10. The van der Waals surface area contributed by atoms with Crippen molar-refractivity contribution in [1.29, 1.82) is 0 Å². The van der Waals surface area contributed by atoms with E-state index >= 15 is 0 Å². The van der Waals surface area contributed by atoms with Crippen molar-refractivity contribution in [1.82, 2.24) is 10.3 Å². The molecule has 3 nitrogen and oxygen atoms in total. The van der Waals surface area contributed by atoms with E-state index in [1.54, 1.807) is 30.5 Å². The Kier molecular flexibility index (Phi) is 7.98. The maximum absolute atomic E-state index is 13.8. The molecule has 0 aliphatic heterocycles. The normalized spacial score (nSPS) is 15.7. The van der Waals surface area contributed by atoms with Crippen LogP contribution < -0.4 is 5.32 Å². The van der Waals surface area contributed by atoms with Gasteiger partial charge in [0.2, 0.25) is 0 Å². The number of rotatable bonds is 6. The zero-order valence-electron chi connectivity index (χ0n) is 18.1. The van der Waals surface area contributed by atoms with Crippen LogP contribution in [0.25, 0.3) is 6.08 Å². The lowest BCUT2D eigenvalue weighted by molar-refractivity contribution is -0.139. The number of halogens is 8. The van der Waals surface area contributed by atoms with Gasteiger partial charge >= 0.3 is 6.18 Å². The first-order valence-corrected chi connectivity index (χ1v) is 12.8. The molecule has 11 heteroatoms. The first-order valence-electron chi connectivity index (χ1n) is 10.5. The van der Waals surface area contributed by atoms with Gasteiger partial charge in [0.05, 0.1) is 32.1 Å². The van der Waals surface area contributed by atoms with E-state index in [1.165, 1.54) is 6.08 Å². The van der Waals surface area contributed by atoms with Crippen LogP contribution in [0.1, 0.15) is 45.8 Å². The molecular weight excluding hydrogens is 623 g/mol. The number of benzene rings is 2. The molecule has 0 bridgehead atoms. The van der Waals surface area contributed by atoms with Crippen molar-refractivity contribution in [2.45, 2.75) is 30.5 Å². The number of alkyl halides is 3. The molecule has 1 heterocycles. The molecule has 1 atom stereocenters. The summed E-state index contributed by atoms with van der Waals surface area (Å²) in [5.74, 6) is -2.28. The van der Waals surface area contributed by atoms with Crippen LogP contribution in [0, 0.1) is 0 Å². The minimum absolute atomic E-state index is 0.00918. The quantitative estimate of drug-likeness (QED) is 0.216. The number of nitrogens with one attached hydrogen (secondary N) is 1. The van der Waals surface area contributed by atoms with Crippen molar-refractivity contribution in [2.24, 2.45) is 0 Å². The Morgan fingerprint density at radius 2 is 1.72 bits per heavy atom. The van der Waals surface area contributed by atoms with Crippen LogP contribution in [0.3, 0.4) is 0 Å². The van der Waals surface area contributed by atoms with E-state index in [4.69, 9.17) is 46.4 Å². The first kappa shape index (κ1) is 27.3. The Morgan fingerprint density at radius 1 is 1.06 bits per heavy atom. The summed E-state index contributed by atoms with van der Waals surface area (Å²) in [5, 5.41) is 3.25. The predicted molar refractivity (Wildman–Crippen MR) is 141 cm³/mol. The van der Waals surface area contributed by atoms with Crippen LogP contribution in [-0.4, -0.2) is 17.1 Å². The zero-order chi connectivity index (χ0) is 26.3. The molecule has 1 fully saturated rings. The molecule has 1 aromatic heterocycles. The summed E-state index contributed by atoms with van der Waals surface area (Å²) < 4.78 is 41.8. The number of hydrogen-bond donors (Lipinski definition) is 1. The summed E-state index contributed by atoms with van der Waals surface area (Å²) >= 11 is 27.0. The lowest BCUT2D eigenvalue weighted by atomic mass is 9.97. The second-order valence-electron chi connectivity index (χ2n) is 8.32. The maximum atomic E-state index is 13.8. The summed E-state index contributed by atoms with van der Waals surface area (Å²) in [5.41, 5.74) is 1.02. The monoisotopic (exact) mass is 636 g/mol. The highest BCUT2D eigenvalue weighted by Gasteiger charge is 2.46. The molecule has 1 amide bonds. The molecule has 3 aromatic rings. The number of carbonyl (C=O) groups is 1. The minimum Gasteiger partial charge on any atom is -0.342 e. The van der Waals surface area contributed by atoms with Crippen LogP contribution >= 0.6 is 62.3 Å². The Balaban J connectivity index is 1.54. The average Bonchev–Trinajstić information content (AvgIpc) is 3.57. The smallest absolute Gasteiger partial charge is 0.342 e. The molecule has 1 saturated carbocycles. The highest BCUT2D eigenvalue weighted by Crippen LogP contribution is 2.46. The van der Waals surface area contributed by atoms with E-state index in [9.17, 15) is 18.0 Å². The van der Waals surface area contributed by atoms with Crippen molar-refractivity contribution < 1.29 is 18.0 Å². The van der Waals surface area contributed by atoms with Crippen LogP contribution in [0.15, 0.2) is 59.2 Å². The second kappa shape index (κ2) is 10.5. The van der Waals surface area contributed by atoms with Crippen molar-refractivity contribution >= 4 is 74.3 Å². The third kappa shape index (κ3) is 6.03. The summed E-state index contributed by atoms with van der Waals surface area (Å²) in [6.07, 6.45) is 0.892. The largest absolute Gasteiger partial charge is 0.399 e. The van der Waals surface area contributed by atoms with E-state index in [2.05, 4.69) is 26.2 Å². The van der Waals surface area contributed by atoms with Crippen LogP contribution in [-0.2, 0) is 5.54 Å². The molecule has 0 radical (unpaired) electrons. The van der Waals surface area contributed by atoms with Gasteiger partial charge in [-0.2, -0.15) is 13.2 Å². The summed E-state index contributed by atoms with van der Waals surface area (Å²) in [7, 11) is 0. The fraction of sp³-hybridized carbons (Fsp3) is 0.200. The second-order valence-corrected chi connectivity index (χ2v) is 10.8. The molecule has 188 valence electrons. The van der Waals surface area contributed by atoms with E-state index in [-0.39, 0.29) is 26.5 Å². The summed E-state index contributed by atoms with van der Waals surface area (Å²) in [6, 6.07) is 10.5. The van der Waals surface area contributed by atoms with Gasteiger partial charge in [-0.15, -0.1) is 0 Å². The molecule has 4 rings (SSSR count). The predicted octanol–water partition coefficient (Wildman–Crippen LogP) is 9.24. The molecular formula is C25H16BrCl4F3N2O. The fourth-order valence-corrected chi connectivity index (χ4v) is 5.05. The van der Waals surface area contributed by atoms with Gasteiger partial charge in [0, 0.05) is 10.7 Å². The SMILES string of the molecule is O=C(NC1(c2ccc(Cl)nc2)CC1)c1ccc(/C=C/C(c2cc(Cl)c(Cl)c(Cl)c2)C(F)(F)F)cc1Br. The van der Waals surface area contributed by atoms with Gasteiger partial charge in [0.15, 0.2) is 0 Å². The average molecular weight is 639 g/mol. The lowest BCUT2D eigenvalue weighted by Gasteiger charge is -2.19. The number of carbonyl (C=O) groups excluding carboxylic acids is 1. The van der Waals surface area contributed by atoms with Crippen molar-refractivity contribution in [3.63, 3.8) is 0 Å². The van der Waals surface area contributed by atoms with Gasteiger partial charge in [-0.1, -0.05) is 70.7 Å². The first-order chi connectivity index (χ1) is 16.9. The van der Waals surface area contributed by atoms with Crippen LogP contribution in [0.5, 0.6) is 0 Å². The van der Waals surface area contributed by atoms with Gasteiger partial charge in [-0.25, -0.2) is 4.98 Å². The Morgan fingerprint density at radius 3 is 2.25 bits per heavy atom. The van der Waals surface area contributed by atoms with E-state index in [1.807, 2.05) is 6.07 Å².